The standard InChI is InChI=1S/C16H13NO4/c1-10(18)21-15-14-12(7-8-20-16(14)19)9-13(17-15)11-5-3-2-4-6-11/h2-6,9H,7-8H2,1H3. The maximum Gasteiger partial charge on any atom is 0.343 e. The van der Waals surface area contributed by atoms with Gasteiger partial charge in [0, 0.05) is 18.9 Å². The van der Waals surface area contributed by atoms with Crippen LogP contribution in [0.2, 0.25) is 0 Å². The van der Waals surface area contributed by atoms with E-state index in [4.69, 9.17) is 9.47 Å². The first kappa shape index (κ1) is 13.3. The second-order valence-corrected chi connectivity index (χ2v) is 4.69. The molecular formula is C16H13NO4. The third-order valence-corrected chi connectivity index (χ3v) is 3.19. The van der Waals surface area contributed by atoms with Crippen molar-refractivity contribution in [1.82, 2.24) is 4.98 Å². The van der Waals surface area contributed by atoms with Crippen LogP contribution in [0.5, 0.6) is 5.88 Å². The summed E-state index contributed by atoms with van der Waals surface area (Å²) >= 11 is 0. The summed E-state index contributed by atoms with van der Waals surface area (Å²) in [5.41, 5.74) is 2.60. The van der Waals surface area contributed by atoms with Crippen LogP contribution in [-0.4, -0.2) is 23.5 Å². The van der Waals surface area contributed by atoms with E-state index in [1.165, 1.54) is 6.92 Å². The fourth-order valence-corrected chi connectivity index (χ4v) is 2.28. The first-order chi connectivity index (χ1) is 10.1. The van der Waals surface area contributed by atoms with Crippen molar-refractivity contribution < 1.29 is 19.1 Å². The van der Waals surface area contributed by atoms with E-state index in [2.05, 4.69) is 4.98 Å². The molecule has 2 aromatic rings. The monoisotopic (exact) mass is 283 g/mol. The van der Waals surface area contributed by atoms with E-state index >= 15 is 0 Å². The summed E-state index contributed by atoms with van der Waals surface area (Å²) in [5, 5.41) is 0. The van der Waals surface area contributed by atoms with Crippen molar-refractivity contribution in [3.8, 4) is 17.1 Å². The Morgan fingerprint density at radius 1 is 1.29 bits per heavy atom. The predicted molar refractivity (Wildman–Crippen MR) is 75.0 cm³/mol. The van der Waals surface area contributed by atoms with Crippen molar-refractivity contribution in [3.05, 3.63) is 47.5 Å². The second kappa shape index (κ2) is 5.36. The molecule has 2 heterocycles. The van der Waals surface area contributed by atoms with Crippen LogP contribution in [0.1, 0.15) is 22.8 Å². The van der Waals surface area contributed by atoms with Gasteiger partial charge in [-0.3, -0.25) is 4.79 Å². The smallest absolute Gasteiger partial charge is 0.343 e. The number of carbonyl (C=O) groups excluding carboxylic acids is 2. The van der Waals surface area contributed by atoms with Crippen LogP contribution in [0, 0.1) is 0 Å². The SMILES string of the molecule is CC(=O)Oc1nc(-c2ccccc2)cc2c1C(=O)OCC2. The van der Waals surface area contributed by atoms with Gasteiger partial charge in [0.05, 0.1) is 12.3 Å². The number of aromatic nitrogens is 1. The van der Waals surface area contributed by atoms with Gasteiger partial charge in [-0.1, -0.05) is 30.3 Å². The number of hydrogen-bond donors (Lipinski definition) is 0. The Morgan fingerprint density at radius 3 is 2.76 bits per heavy atom. The quantitative estimate of drug-likeness (QED) is 0.792. The Bertz CT molecular complexity index is 710. The van der Waals surface area contributed by atoms with Crippen LogP contribution in [0.15, 0.2) is 36.4 Å². The molecule has 106 valence electrons. The molecule has 1 aliphatic heterocycles. The van der Waals surface area contributed by atoms with Gasteiger partial charge in [0.1, 0.15) is 5.56 Å². The number of benzene rings is 1. The Hall–Kier alpha value is -2.69. The second-order valence-electron chi connectivity index (χ2n) is 4.69. The number of pyridine rings is 1. The van der Waals surface area contributed by atoms with E-state index in [1.807, 2.05) is 36.4 Å². The topological polar surface area (TPSA) is 65.5 Å². The minimum atomic E-state index is -0.520. The van der Waals surface area contributed by atoms with Crippen molar-refractivity contribution >= 4 is 11.9 Å². The van der Waals surface area contributed by atoms with E-state index in [9.17, 15) is 9.59 Å². The summed E-state index contributed by atoms with van der Waals surface area (Å²) in [7, 11) is 0. The van der Waals surface area contributed by atoms with E-state index in [0.717, 1.165) is 11.1 Å². The highest BCUT2D eigenvalue weighted by molar-refractivity contribution is 5.95. The van der Waals surface area contributed by atoms with Gasteiger partial charge in [0.15, 0.2) is 0 Å². The first-order valence-corrected chi connectivity index (χ1v) is 6.60. The van der Waals surface area contributed by atoms with Gasteiger partial charge in [-0.2, -0.15) is 0 Å². The molecule has 0 saturated carbocycles. The molecule has 3 rings (SSSR count). The zero-order chi connectivity index (χ0) is 14.8. The lowest BCUT2D eigenvalue weighted by Crippen LogP contribution is -2.21. The summed E-state index contributed by atoms with van der Waals surface area (Å²) in [6, 6.07) is 11.4. The summed E-state index contributed by atoms with van der Waals surface area (Å²) in [6.07, 6.45) is 0.581. The minimum Gasteiger partial charge on any atom is -0.462 e. The van der Waals surface area contributed by atoms with Gasteiger partial charge in [0.25, 0.3) is 0 Å². The van der Waals surface area contributed by atoms with Crippen LogP contribution >= 0.6 is 0 Å². The Balaban J connectivity index is 2.16. The van der Waals surface area contributed by atoms with Crippen LogP contribution in [0.25, 0.3) is 11.3 Å². The number of fused-ring (bicyclic) bond motifs is 1. The molecule has 5 heteroatoms. The average Bonchev–Trinajstić information content (AvgIpc) is 2.47. The fraction of sp³-hybridized carbons (Fsp3) is 0.188. The van der Waals surface area contributed by atoms with Crippen molar-refractivity contribution in [2.45, 2.75) is 13.3 Å². The van der Waals surface area contributed by atoms with Gasteiger partial charge in [0.2, 0.25) is 5.88 Å². The zero-order valence-corrected chi connectivity index (χ0v) is 11.5. The molecule has 0 atom stereocenters. The Labute approximate surface area is 121 Å². The molecule has 1 aliphatic rings. The number of rotatable bonds is 2. The largest absolute Gasteiger partial charge is 0.462 e. The van der Waals surface area contributed by atoms with E-state index in [1.54, 1.807) is 0 Å². The minimum absolute atomic E-state index is 0.0172. The molecule has 1 aromatic heterocycles. The lowest BCUT2D eigenvalue weighted by Gasteiger charge is -2.18. The van der Waals surface area contributed by atoms with Gasteiger partial charge in [-0.05, 0) is 11.6 Å². The van der Waals surface area contributed by atoms with Gasteiger partial charge < -0.3 is 9.47 Å². The van der Waals surface area contributed by atoms with E-state index in [-0.39, 0.29) is 11.4 Å². The van der Waals surface area contributed by atoms with Crippen molar-refractivity contribution in [3.63, 3.8) is 0 Å². The highest BCUT2D eigenvalue weighted by Gasteiger charge is 2.26. The summed E-state index contributed by atoms with van der Waals surface area (Å²) in [4.78, 5) is 27.4. The molecule has 0 saturated heterocycles. The van der Waals surface area contributed by atoms with Gasteiger partial charge in [-0.15, -0.1) is 0 Å². The highest BCUT2D eigenvalue weighted by Crippen LogP contribution is 2.30. The third-order valence-electron chi connectivity index (χ3n) is 3.19. The molecular weight excluding hydrogens is 270 g/mol. The third kappa shape index (κ3) is 2.63. The number of hydrogen-bond acceptors (Lipinski definition) is 5. The summed E-state index contributed by atoms with van der Waals surface area (Å²) in [6.45, 7) is 1.60. The van der Waals surface area contributed by atoms with Crippen LogP contribution < -0.4 is 4.74 Å². The summed E-state index contributed by atoms with van der Waals surface area (Å²) < 4.78 is 10.1. The molecule has 0 fully saturated rings. The Morgan fingerprint density at radius 2 is 2.05 bits per heavy atom. The van der Waals surface area contributed by atoms with E-state index in [0.29, 0.717) is 18.7 Å². The molecule has 0 aliphatic carbocycles. The normalized spacial score (nSPS) is 13.3. The molecule has 0 N–H and O–H groups in total. The van der Waals surface area contributed by atoms with Crippen molar-refractivity contribution in [2.24, 2.45) is 0 Å². The predicted octanol–water partition coefficient (Wildman–Crippen LogP) is 2.39. The lowest BCUT2D eigenvalue weighted by molar-refractivity contribution is -0.132. The van der Waals surface area contributed by atoms with Crippen LogP contribution in [0.3, 0.4) is 0 Å². The number of esters is 2. The first-order valence-electron chi connectivity index (χ1n) is 6.60. The van der Waals surface area contributed by atoms with Crippen molar-refractivity contribution in [1.29, 1.82) is 0 Å². The fourth-order valence-electron chi connectivity index (χ4n) is 2.28. The summed E-state index contributed by atoms with van der Waals surface area (Å²) in [5.74, 6) is -1.00. The molecule has 0 unspecified atom stereocenters. The van der Waals surface area contributed by atoms with Crippen LogP contribution in [-0.2, 0) is 16.0 Å². The molecule has 5 nitrogen and oxygen atoms in total. The van der Waals surface area contributed by atoms with Gasteiger partial charge >= 0.3 is 11.9 Å². The molecule has 0 spiro atoms. The molecule has 1 aromatic carbocycles. The molecule has 21 heavy (non-hydrogen) atoms. The maximum absolute atomic E-state index is 11.9. The van der Waals surface area contributed by atoms with E-state index < -0.39 is 11.9 Å². The molecule has 0 amide bonds. The zero-order valence-electron chi connectivity index (χ0n) is 11.5. The maximum atomic E-state index is 11.9. The molecule has 0 radical (unpaired) electrons. The lowest BCUT2D eigenvalue weighted by atomic mass is 10.0. The number of carbonyl (C=O) groups is 2. The van der Waals surface area contributed by atoms with Gasteiger partial charge in [-0.25, -0.2) is 9.78 Å². The Kier molecular flexibility index (Phi) is 3.39. The number of ether oxygens (including phenoxy) is 2. The van der Waals surface area contributed by atoms with Crippen LogP contribution in [0.4, 0.5) is 0 Å². The average molecular weight is 283 g/mol. The van der Waals surface area contributed by atoms with Crippen molar-refractivity contribution in [2.75, 3.05) is 6.61 Å². The highest BCUT2D eigenvalue weighted by atomic mass is 16.6. The molecule has 0 bridgehead atoms. The number of nitrogens with zero attached hydrogens (tertiary/aromatic N) is 1. The number of cyclic esters (lactones) is 1.